The molecule has 0 amide bonds. The van der Waals surface area contributed by atoms with Gasteiger partial charge in [-0.25, -0.2) is 13.8 Å². The molecule has 0 radical (unpaired) electrons. The summed E-state index contributed by atoms with van der Waals surface area (Å²) in [5, 5.41) is 3.30. The molecule has 0 N–H and O–H groups in total. The van der Waals surface area contributed by atoms with Crippen molar-refractivity contribution in [3.05, 3.63) is 58.1 Å². The minimum atomic E-state index is -1.02. The normalized spacial score (nSPS) is 10.9. The Kier molecular flexibility index (Phi) is 2.94. The molecule has 0 aliphatic carbocycles. The molecular formula is C13H6ClF2N3O. The lowest BCUT2D eigenvalue weighted by atomic mass is 10.1. The topological polar surface area (TPSA) is 46.7 Å². The highest BCUT2D eigenvalue weighted by Gasteiger charge is 2.16. The van der Waals surface area contributed by atoms with Gasteiger partial charge in [-0.05, 0) is 35.5 Å². The second kappa shape index (κ2) is 4.64. The maximum atomic E-state index is 13.3. The molecule has 20 heavy (non-hydrogen) atoms. The fraction of sp³-hybridized carbons (Fsp3) is 0. The number of hydrogen-bond donors (Lipinski definition) is 0. The van der Waals surface area contributed by atoms with Crippen LogP contribution >= 0.6 is 11.6 Å². The van der Waals surface area contributed by atoms with Gasteiger partial charge in [0.15, 0.2) is 11.6 Å². The molecule has 100 valence electrons. The van der Waals surface area contributed by atoms with Crippen molar-refractivity contribution in [1.82, 2.24) is 9.38 Å². The Morgan fingerprint density at radius 2 is 1.95 bits per heavy atom. The molecule has 0 fully saturated rings. The van der Waals surface area contributed by atoms with E-state index in [4.69, 9.17) is 11.6 Å². The van der Waals surface area contributed by atoms with E-state index in [0.717, 1.165) is 12.1 Å². The largest absolute Gasteiger partial charge is 0.280 e. The number of benzene rings is 1. The molecule has 0 spiro atoms. The summed E-state index contributed by atoms with van der Waals surface area (Å²) in [6.45, 7) is 0. The van der Waals surface area contributed by atoms with Crippen molar-refractivity contribution in [3.8, 4) is 11.3 Å². The van der Waals surface area contributed by atoms with Gasteiger partial charge in [-0.1, -0.05) is 11.6 Å². The molecule has 0 unspecified atom stereocenters. The SMILES string of the molecule is O=Nc1c(-c2ccc(F)c(F)c2)nc2ccc(Cl)cn12. The Balaban J connectivity index is 2.30. The number of halogens is 3. The van der Waals surface area contributed by atoms with Crippen LogP contribution in [0.15, 0.2) is 41.7 Å². The number of nitrogens with zero attached hydrogens (tertiary/aromatic N) is 3. The van der Waals surface area contributed by atoms with Crippen LogP contribution in [0.5, 0.6) is 0 Å². The second-order valence-electron chi connectivity index (χ2n) is 4.08. The van der Waals surface area contributed by atoms with Crippen LogP contribution in [0.4, 0.5) is 14.6 Å². The first-order chi connectivity index (χ1) is 9.60. The molecule has 0 saturated heterocycles. The second-order valence-corrected chi connectivity index (χ2v) is 4.52. The minimum Gasteiger partial charge on any atom is -0.280 e. The van der Waals surface area contributed by atoms with E-state index in [0.29, 0.717) is 10.7 Å². The predicted octanol–water partition coefficient (Wildman–Crippen LogP) is 4.33. The molecule has 0 atom stereocenters. The smallest absolute Gasteiger partial charge is 0.209 e. The van der Waals surface area contributed by atoms with E-state index >= 15 is 0 Å². The lowest BCUT2D eigenvalue weighted by Gasteiger charge is -1.99. The highest BCUT2D eigenvalue weighted by Crippen LogP contribution is 2.32. The van der Waals surface area contributed by atoms with Crippen LogP contribution in [0.3, 0.4) is 0 Å². The number of imidazole rings is 1. The third-order valence-electron chi connectivity index (χ3n) is 2.84. The zero-order valence-corrected chi connectivity index (χ0v) is 10.6. The van der Waals surface area contributed by atoms with Gasteiger partial charge in [0.1, 0.15) is 11.3 Å². The van der Waals surface area contributed by atoms with Gasteiger partial charge in [0.2, 0.25) is 5.82 Å². The zero-order chi connectivity index (χ0) is 14.3. The van der Waals surface area contributed by atoms with Crippen LogP contribution < -0.4 is 0 Å². The van der Waals surface area contributed by atoms with Crippen LogP contribution in [0.25, 0.3) is 16.9 Å². The third kappa shape index (κ3) is 1.94. The van der Waals surface area contributed by atoms with Crippen molar-refractivity contribution in [2.75, 3.05) is 0 Å². The molecule has 2 aromatic heterocycles. The summed E-state index contributed by atoms with van der Waals surface area (Å²) < 4.78 is 27.6. The van der Waals surface area contributed by atoms with E-state index < -0.39 is 11.6 Å². The first kappa shape index (κ1) is 12.7. The van der Waals surface area contributed by atoms with Crippen molar-refractivity contribution in [1.29, 1.82) is 0 Å². The molecule has 7 heteroatoms. The van der Waals surface area contributed by atoms with Crippen molar-refractivity contribution in [2.24, 2.45) is 5.18 Å². The minimum absolute atomic E-state index is 0.0199. The Morgan fingerprint density at radius 1 is 1.15 bits per heavy atom. The van der Waals surface area contributed by atoms with E-state index in [-0.39, 0.29) is 17.1 Å². The Hall–Kier alpha value is -2.34. The van der Waals surface area contributed by atoms with Gasteiger partial charge >= 0.3 is 0 Å². The quantitative estimate of drug-likeness (QED) is 0.660. The third-order valence-corrected chi connectivity index (χ3v) is 3.06. The maximum absolute atomic E-state index is 13.3. The standard InChI is InChI=1S/C13H6ClF2N3O/c14-8-2-4-11-17-12(13(18-20)19(11)6-8)7-1-3-9(15)10(16)5-7/h1-6H. The highest BCUT2D eigenvalue weighted by atomic mass is 35.5. The van der Waals surface area contributed by atoms with E-state index in [1.807, 2.05) is 0 Å². The lowest BCUT2D eigenvalue weighted by molar-refractivity contribution is 0.509. The molecule has 0 bridgehead atoms. The van der Waals surface area contributed by atoms with Crippen LogP contribution in [0.1, 0.15) is 0 Å². The molecule has 0 aliphatic heterocycles. The number of aromatic nitrogens is 2. The fourth-order valence-electron chi connectivity index (χ4n) is 1.93. The van der Waals surface area contributed by atoms with Crippen LogP contribution in [-0.2, 0) is 0 Å². The molecule has 4 nitrogen and oxygen atoms in total. The number of hydrogen-bond acceptors (Lipinski definition) is 3. The molecule has 3 aromatic rings. The Bertz CT molecular complexity index is 832. The molecular weight excluding hydrogens is 288 g/mol. The Labute approximate surface area is 116 Å². The van der Waals surface area contributed by atoms with Gasteiger partial charge in [-0.2, -0.15) is 0 Å². The summed E-state index contributed by atoms with van der Waals surface area (Å²) in [7, 11) is 0. The van der Waals surface area contributed by atoms with Gasteiger partial charge in [0, 0.05) is 11.8 Å². The van der Waals surface area contributed by atoms with Gasteiger partial charge in [-0.3, -0.25) is 4.40 Å². The maximum Gasteiger partial charge on any atom is 0.209 e. The van der Waals surface area contributed by atoms with Crippen LogP contribution in [0, 0.1) is 16.5 Å². The van der Waals surface area contributed by atoms with Crippen molar-refractivity contribution >= 4 is 23.1 Å². The van der Waals surface area contributed by atoms with Crippen molar-refractivity contribution in [2.45, 2.75) is 0 Å². The summed E-state index contributed by atoms with van der Waals surface area (Å²) in [5.41, 5.74) is 0.864. The molecule has 1 aromatic carbocycles. The average Bonchev–Trinajstić information content (AvgIpc) is 2.79. The van der Waals surface area contributed by atoms with E-state index in [9.17, 15) is 13.7 Å². The van der Waals surface area contributed by atoms with Gasteiger partial charge in [-0.15, -0.1) is 4.91 Å². The summed E-state index contributed by atoms with van der Waals surface area (Å²) in [6, 6.07) is 6.47. The van der Waals surface area contributed by atoms with E-state index in [2.05, 4.69) is 10.2 Å². The van der Waals surface area contributed by atoms with E-state index in [1.165, 1.54) is 16.7 Å². The Morgan fingerprint density at radius 3 is 2.65 bits per heavy atom. The number of pyridine rings is 1. The average molecular weight is 294 g/mol. The highest BCUT2D eigenvalue weighted by molar-refractivity contribution is 6.30. The first-order valence-electron chi connectivity index (χ1n) is 5.56. The first-order valence-corrected chi connectivity index (χ1v) is 5.94. The molecule has 2 heterocycles. The van der Waals surface area contributed by atoms with Crippen LogP contribution in [0.2, 0.25) is 5.02 Å². The molecule has 3 rings (SSSR count). The summed E-state index contributed by atoms with van der Waals surface area (Å²) in [4.78, 5) is 15.2. The van der Waals surface area contributed by atoms with Gasteiger partial charge < -0.3 is 0 Å². The zero-order valence-electron chi connectivity index (χ0n) is 9.85. The van der Waals surface area contributed by atoms with E-state index in [1.54, 1.807) is 12.1 Å². The van der Waals surface area contributed by atoms with Gasteiger partial charge in [0.25, 0.3) is 0 Å². The number of nitroso groups, excluding NO2 is 1. The van der Waals surface area contributed by atoms with Crippen LogP contribution in [-0.4, -0.2) is 9.38 Å². The molecule has 0 aliphatic rings. The van der Waals surface area contributed by atoms with Crippen molar-refractivity contribution < 1.29 is 8.78 Å². The van der Waals surface area contributed by atoms with Crippen molar-refractivity contribution in [3.63, 3.8) is 0 Å². The fourth-order valence-corrected chi connectivity index (χ4v) is 2.09. The summed E-state index contributed by atoms with van der Waals surface area (Å²) >= 11 is 5.85. The monoisotopic (exact) mass is 293 g/mol. The molecule has 0 saturated carbocycles. The summed E-state index contributed by atoms with van der Waals surface area (Å²) in [6.07, 6.45) is 1.48. The van der Waals surface area contributed by atoms with Gasteiger partial charge in [0.05, 0.1) is 5.02 Å². The predicted molar refractivity (Wildman–Crippen MR) is 71.0 cm³/mol. The number of fused-ring (bicyclic) bond motifs is 1. The lowest BCUT2D eigenvalue weighted by Crippen LogP contribution is -1.86. The summed E-state index contributed by atoms with van der Waals surface area (Å²) in [5.74, 6) is -2.01. The number of rotatable bonds is 2.